The lowest BCUT2D eigenvalue weighted by Gasteiger charge is -2.07. The van der Waals surface area contributed by atoms with Gasteiger partial charge in [-0.15, -0.1) is 12.6 Å². The summed E-state index contributed by atoms with van der Waals surface area (Å²) in [6.45, 7) is 0. The van der Waals surface area contributed by atoms with Crippen molar-refractivity contribution in [3.63, 3.8) is 0 Å². The Labute approximate surface area is 79.1 Å². The molecule has 1 aromatic carbocycles. The number of aliphatic carboxylic acids is 1. The Morgan fingerprint density at radius 3 is 2.15 bits per heavy atom. The van der Waals surface area contributed by atoms with Gasteiger partial charge in [0, 0.05) is 0 Å². The molecule has 1 heterocycles. The van der Waals surface area contributed by atoms with E-state index in [0.29, 0.717) is 10.7 Å². The van der Waals surface area contributed by atoms with Gasteiger partial charge in [-0.2, -0.15) is 0 Å². The summed E-state index contributed by atoms with van der Waals surface area (Å²) in [5, 5.41) is 9.92. The van der Waals surface area contributed by atoms with Gasteiger partial charge < -0.3 is 5.11 Å². The van der Waals surface area contributed by atoms with Crippen molar-refractivity contribution in [2.45, 2.75) is 4.99 Å². The Morgan fingerprint density at radius 1 is 1.31 bits per heavy atom. The number of hydrogen-bond acceptors (Lipinski definition) is 4. The van der Waals surface area contributed by atoms with Crippen LogP contribution >= 0.6 is 12.6 Å². The Balaban J connectivity index is 2.70. The van der Waals surface area contributed by atoms with E-state index in [9.17, 15) is 4.79 Å². The fraction of sp³-hybridized carbons (Fsp3) is 0.125. The van der Waals surface area contributed by atoms with Crippen molar-refractivity contribution >= 4 is 18.6 Å². The molecular formula is C8H6N2O2S. The Kier molecular flexibility index (Phi) is 1.63. The van der Waals surface area contributed by atoms with Crippen molar-refractivity contribution < 1.29 is 9.90 Å². The second kappa shape index (κ2) is 2.56. The molecular weight excluding hydrogens is 188 g/mol. The first-order valence-electron chi connectivity index (χ1n) is 3.62. The second-order valence-corrected chi connectivity index (χ2v) is 3.28. The summed E-state index contributed by atoms with van der Waals surface area (Å²) in [5.41, 5.74) is 0. The van der Waals surface area contributed by atoms with E-state index >= 15 is 0 Å². The molecule has 1 aliphatic rings. The summed E-state index contributed by atoms with van der Waals surface area (Å²) in [4.78, 5) is 16.9. The fourth-order valence-corrected chi connectivity index (χ4v) is 1.33. The number of thiol groups is 1. The first kappa shape index (κ1) is 8.25. The van der Waals surface area contributed by atoms with Gasteiger partial charge in [-0.3, -0.25) is 0 Å². The van der Waals surface area contributed by atoms with Crippen molar-refractivity contribution in [2.24, 2.45) is 9.98 Å². The van der Waals surface area contributed by atoms with Crippen LogP contribution in [0.15, 0.2) is 34.3 Å². The molecule has 0 unspecified atom stereocenters. The first-order valence-corrected chi connectivity index (χ1v) is 4.07. The molecule has 1 N–H and O–H groups in total. The number of para-hydroxylation sites is 2. The lowest BCUT2D eigenvalue weighted by Crippen LogP contribution is -2.26. The number of carbonyl (C=O) groups is 1. The fourth-order valence-electron chi connectivity index (χ4n) is 1.11. The minimum absolute atomic E-state index is 0.569. The molecule has 5 heteroatoms. The zero-order valence-electron chi connectivity index (χ0n) is 6.51. The third-order valence-corrected chi connectivity index (χ3v) is 2.11. The van der Waals surface area contributed by atoms with E-state index in [2.05, 4.69) is 22.6 Å². The smallest absolute Gasteiger partial charge is 0.365 e. The summed E-state index contributed by atoms with van der Waals surface area (Å²) in [6.07, 6.45) is 0. The zero-order chi connectivity index (χ0) is 9.47. The van der Waals surface area contributed by atoms with E-state index < -0.39 is 11.0 Å². The largest absolute Gasteiger partial charge is 0.477 e. The lowest BCUT2D eigenvalue weighted by atomic mass is 10.3. The van der Waals surface area contributed by atoms with E-state index in [1.54, 1.807) is 24.3 Å². The molecule has 66 valence electrons. The van der Waals surface area contributed by atoms with E-state index in [0.717, 1.165) is 0 Å². The average molecular weight is 194 g/mol. The van der Waals surface area contributed by atoms with Gasteiger partial charge in [-0.25, -0.2) is 14.8 Å². The molecule has 0 spiro atoms. The number of benzene rings is 1. The minimum Gasteiger partial charge on any atom is -0.477 e. The monoisotopic (exact) mass is 194 g/mol. The van der Waals surface area contributed by atoms with Crippen molar-refractivity contribution in [3.05, 3.63) is 35.0 Å². The van der Waals surface area contributed by atoms with Gasteiger partial charge in [0.25, 0.3) is 4.99 Å². The highest BCUT2D eigenvalue weighted by Crippen LogP contribution is 2.18. The zero-order valence-corrected chi connectivity index (χ0v) is 7.40. The molecule has 2 rings (SSSR count). The molecule has 0 bridgehead atoms. The molecule has 1 aliphatic heterocycles. The highest BCUT2D eigenvalue weighted by atomic mass is 32.1. The normalized spacial score (nSPS) is 17.0. The number of fused-ring (bicyclic) bond motifs is 1. The van der Waals surface area contributed by atoms with E-state index in [1.165, 1.54) is 0 Å². The van der Waals surface area contributed by atoms with Gasteiger partial charge in [0.2, 0.25) is 0 Å². The highest BCUT2D eigenvalue weighted by Gasteiger charge is 2.35. The maximum absolute atomic E-state index is 10.7. The van der Waals surface area contributed by atoms with Crippen LogP contribution in [0.5, 0.6) is 0 Å². The molecule has 0 fully saturated rings. The topological polar surface area (TPSA) is 62.0 Å². The summed E-state index contributed by atoms with van der Waals surface area (Å²) < 4.78 is 0. The molecule has 0 saturated heterocycles. The van der Waals surface area contributed by atoms with E-state index in [4.69, 9.17) is 5.11 Å². The molecule has 0 atom stereocenters. The van der Waals surface area contributed by atoms with Crippen molar-refractivity contribution in [3.8, 4) is 0 Å². The maximum atomic E-state index is 10.7. The Hall–Kier alpha value is -1.36. The number of rotatable bonds is 1. The van der Waals surface area contributed by atoms with Gasteiger partial charge in [-0.1, -0.05) is 12.1 Å². The van der Waals surface area contributed by atoms with Gasteiger partial charge in [0.1, 0.15) is 0 Å². The molecule has 0 amide bonds. The van der Waals surface area contributed by atoms with Crippen LogP contribution in [-0.4, -0.2) is 16.1 Å². The van der Waals surface area contributed by atoms with Crippen molar-refractivity contribution in [1.82, 2.24) is 0 Å². The number of nitrogens with zero attached hydrogens (tertiary/aromatic N) is 2. The van der Waals surface area contributed by atoms with E-state index in [1.807, 2.05) is 0 Å². The van der Waals surface area contributed by atoms with Gasteiger partial charge in [0.15, 0.2) is 0 Å². The average Bonchev–Trinajstić information content (AvgIpc) is 2.42. The SMILES string of the molecule is O=C(O)C1(S)N=c2ccccc2=N1. The molecule has 13 heavy (non-hydrogen) atoms. The van der Waals surface area contributed by atoms with Crippen LogP contribution < -0.4 is 10.7 Å². The van der Waals surface area contributed by atoms with Crippen LogP contribution in [0, 0.1) is 0 Å². The van der Waals surface area contributed by atoms with E-state index in [-0.39, 0.29) is 0 Å². The summed E-state index contributed by atoms with van der Waals surface area (Å²) in [5.74, 6) is -1.16. The van der Waals surface area contributed by atoms with Crippen LogP contribution in [-0.2, 0) is 4.79 Å². The third-order valence-electron chi connectivity index (χ3n) is 1.72. The maximum Gasteiger partial charge on any atom is 0.365 e. The predicted molar refractivity (Wildman–Crippen MR) is 48.1 cm³/mol. The van der Waals surface area contributed by atoms with Gasteiger partial charge in [-0.05, 0) is 12.1 Å². The molecule has 0 aliphatic carbocycles. The van der Waals surface area contributed by atoms with Crippen molar-refractivity contribution in [2.75, 3.05) is 0 Å². The molecule has 0 radical (unpaired) electrons. The second-order valence-electron chi connectivity index (χ2n) is 2.65. The number of hydrogen-bond donors (Lipinski definition) is 2. The minimum atomic E-state index is -1.64. The molecule has 0 saturated carbocycles. The molecule has 4 nitrogen and oxygen atoms in total. The van der Waals surface area contributed by atoms with Gasteiger partial charge >= 0.3 is 5.97 Å². The van der Waals surface area contributed by atoms with Crippen molar-refractivity contribution in [1.29, 1.82) is 0 Å². The highest BCUT2D eigenvalue weighted by molar-refractivity contribution is 7.82. The Bertz CT molecular complexity index is 448. The number of carboxylic acid groups (broad SMARTS) is 1. The Morgan fingerprint density at radius 2 is 1.77 bits per heavy atom. The third kappa shape index (κ3) is 1.21. The van der Waals surface area contributed by atoms with Gasteiger partial charge in [0.05, 0.1) is 10.7 Å². The quantitative estimate of drug-likeness (QED) is 0.598. The van der Waals surface area contributed by atoms with Crippen LogP contribution in [0.3, 0.4) is 0 Å². The standard InChI is InChI=1S/C8H6N2O2S/c11-7(12)8(13)9-5-3-1-2-4-6(5)10-8/h1-4,13H,(H,11,12). The molecule has 0 aromatic heterocycles. The predicted octanol–water partition coefficient (Wildman–Crippen LogP) is -0.392. The summed E-state index contributed by atoms with van der Waals surface area (Å²) in [6, 6.07) is 6.97. The number of carboxylic acids is 1. The summed E-state index contributed by atoms with van der Waals surface area (Å²) in [7, 11) is 0. The first-order chi connectivity index (χ1) is 6.12. The summed E-state index contributed by atoms with van der Waals surface area (Å²) >= 11 is 3.89. The van der Waals surface area contributed by atoms with Crippen LogP contribution in [0.4, 0.5) is 0 Å². The van der Waals surface area contributed by atoms with Crippen LogP contribution in [0.1, 0.15) is 0 Å². The van der Waals surface area contributed by atoms with Crippen LogP contribution in [0.25, 0.3) is 0 Å². The van der Waals surface area contributed by atoms with Crippen LogP contribution in [0.2, 0.25) is 0 Å². The lowest BCUT2D eigenvalue weighted by molar-refractivity contribution is -0.139. The molecule has 1 aromatic rings.